The van der Waals surface area contributed by atoms with Gasteiger partial charge in [-0.05, 0) is 24.6 Å². The Balaban J connectivity index is 2.56. The van der Waals surface area contributed by atoms with E-state index in [4.69, 9.17) is 0 Å². The highest BCUT2D eigenvalue weighted by Gasteiger charge is 2.16. The van der Waals surface area contributed by atoms with Crippen molar-refractivity contribution in [3.63, 3.8) is 0 Å². The molecule has 0 aliphatic rings. The maximum Gasteiger partial charge on any atom is 0.235 e. The lowest BCUT2D eigenvalue weighted by atomic mass is 10.1. The summed E-state index contributed by atoms with van der Waals surface area (Å²) in [5.41, 5.74) is 0.917. The Morgan fingerprint density at radius 1 is 1.44 bits per heavy atom. The highest BCUT2D eigenvalue weighted by atomic mass is 32.2. The van der Waals surface area contributed by atoms with Crippen molar-refractivity contribution in [2.45, 2.75) is 13.0 Å². The van der Waals surface area contributed by atoms with E-state index in [1.54, 1.807) is 24.5 Å². The molecule has 0 aromatic carbocycles. The Bertz CT molecular complexity index is 502. The normalized spacial score (nSPS) is 13.3. The monoisotopic (exact) mass is 271 g/mol. The van der Waals surface area contributed by atoms with Crippen molar-refractivity contribution in [1.82, 2.24) is 14.6 Å². The van der Waals surface area contributed by atoms with E-state index in [9.17, 15) is 13.2 Å². The summed E-state index contributed by atoms with van der Waals surface area (Å²) in [5.74, 6) is -0.341. The van der Waals surface area contributed by atoms with Crippen molar-refractivity contribution >= 4 is 15.9 Å². The molecule has 1 aromatic rings. The number of amides is 1. The van der Waals surface area contributed by atoms with Gasteiger partial charge in [-0.25, -0.2) is 8.42 Å². The third-order valence-electron chi connectivity index (χ3n) is 2.52. The molecule has 0 aliphatic carbocycles. The molecule has 0 spiro atoms. The number of carbonyl (C=O) groups excluding carboxylic acids is 1. The molecular formula is C11H17N3O3S. The number of hydrogen-bond acceptors (Lipinski definition) is 4. The molecule has 0 saturated heterocycles. The fourth-order valence-electron chi connectivity index (χ4n) is 1.34. The second-order valence-corrected chi connectivity index (χ2v) is 6.18. The van der Waals surface area contributed by atoms with E-state index in [2.05, 4.69) is 10.3 Å². The molecule has 0 unspecified atom stereocenters. The van der Waals surface area contributed by atoms with Crippen LogP contribution in [-0.2, 0) is 14.8 Å². The van der Waals surface area contributed by atoms with E-state index in [0.717, 1.165) is 16.1 Å². The largest absolute Gasteiger partial charge is 0.348 e. The van der Waals surface area contributed by atoms with E-state index in [-0.39, 0.29) is 18.5 Å². The first-order chi connectivity index (χ1) is 8.30. The van der Waals surface area contributed by atoms with Gasteiger partial charge in [0.15, 0.2) is 0 Å². The van der Waals surface area contributed by atoms with Crippen LogP contribution in [0.15, 0.2) is 24.5 Å². The summed E-state index contributed by atoms with van der Waals surface area (Å²) in [6, 6.07) is 3.41. The molecule has 0 bridgehead atoms. The number of nitrogens with one attached hydrogen (secondary N) is 1. The average molecular weight is 271 g/mol. The van der Waals surface area contributed by atoms with E-state index >= 15 is 0 Å². The first-order valence-electron chi connectivity index (χ1n) is 5.41. The lowest BCUT2D eigenvalue weighted by molar-refractivity contribution is -0.121. The predicted molar refractivity (Wildman–Crippen MR) is 68.3 cm³/mol. The van der Waals surface area contributed by atoms with Crippen LogP contribution in [0.1, 0.15) is 18.5 Å². The van der Waals surface area contributed by atoms with Crippen LogP contribution in [0.3, 0.4) is 0 Å². The fraction of sp³-hybridized carbons (Fsp3) is 0.455. The standard InChI is InChI=1S/C11H17N3O3S/c1-9(10-4-6-12-7-5-10)13-11(15)8-14(2)18(3,16)17/h4-7,9H,8H2,1-3H3,(H,13,15)/t9-/m1/s1. The zero-order valence-electron chi connectivity index (χ0n) is 10.6. The van der Waals surface area contributed by atoms with Crippen molar-refractivity contribution in [3.05, 3.63) is 30.1 Å². The number of rotatable bonds is 5. The minimum Gasteiger partial charge on any atom is -0.348 e. The zero-order valence-corrected chi connectivity index (χ0v) is 11.4. The summed E-state index contributed by atoms with van der Waals surface area (Å²) in [4.78, 5) is 15.5. The Morgan fingerprint density at radius 2 is 2.00 bits per heavy atom. The maximum atomic E-state index is 11.7. The van der Waals surface area contributed by atoms with E-state index in [0.29, 0.717) is 0 Å². The van der Waals surface area contributed by atoms with Crippen molar-refractivity contribution in [2.24, 2.45) is 0 Å². The molecule has 1 amide bonds. The topological polar surface area (TPSA) is 79.4 Å². The van der Waals surface area contributed by atoms with Crippen LogP contribution >= 0.6 is 0 Å². The maximum absolute atomic E-state index is 11.7. The quantitative estimate of drug-likeness (QED) is 0.826. The van der Waals surface area contributed by atoms with E-state index in [1.165, 1.54) is 7.05 Å². The van der Waals surface area contributed by atoms with E-state index in [1.807, 2.05) is 6.92 Å². The van der Waals surface area contributed by atoms with Crippen LogP contribution < -0.4 is 5.32 Å². The second-order valence-electron chi connectivity index (χ2n) is 4.09. The smallest absolute Gasteiger partial charge is 0.235 e. The number of nitrogens with zero attached hydrogens (tertiary/aromatic N) is 2. The number of sulfonamides is 1. The first kappa shape index (κ1) is 14.6. The molecule has 0 saturated carbocycles. The molecule has 7 heteroatoms. The van der Waals surface area contributed by atoms with Crippen molar-refractivity contribution < 1.29 is 13.2 Å². The van der Waals surface area contributed by atoms with Gasteiger partial charge in [0.25, 0.3) is 0 Å². The number of carbonyl (C=O) groups is 1. The van der Waals surface area contributed by atoms with Gasteiger partial charge in [0.05, 0.1) is 18.8 Å². The molecular weight excluding hydrogens is 254 g/mol. The minimum absolute atomic E-state index is 0.186. The third-order valence-corrected chi connectivity index (χ3v) is 3.78. The Hall–Kier alpha value is -1.47. The van der Waals surface area contributed by atoms with Crippen molar-refractivity contribution in [3.8, 4) is 0 Å². The molecule has 100 valence electrons. The Morgan fingerprint density at radius 3 is 2.50 bits per heavy atom. The number of hydrogen-bond donors (Lipinski definition) is 1. The van der Waals surface area contributed by atoms with Crippen LogP contribution in [0.2, 0.25) is 0 Å². The summed E-state index contributed by atoms with van der Waals surface area (Å²) in [5, 5.41) is 2.73. The van der Waals surface area contributed by atoms with Crippen LogP contribution in [0, 0.1) is 0 Å². The van der Waals surface area contributed by atoms with Crippen LogP contribution in [-0.4, -0.2) is 43.5 Å². The molecule has 1 aromatic heterocycles. The molecule has 0 radical (unpaired) electrons. The van der Waals surface area contributed by atoms with Gasteiger partial charge in [0, 0.05) is 19.4 Å². The SMILES string of the molecule is C[C@@H](NC(=O)CN(C)S(C)(=O)=O)c1ccncc1. The van der Waals surface area contributed by atoms with E-state index < -0.39 is 10.0 Å². The number of pyridine rings is 1. The van der Waals surface area contributed by atoms with Gasteiger partial charge in [0.2, 0.25) is 15.9 Å². The van der Waals surface area contributed by atoms with Gasteiger partial charge < -0.3 is 5.32 Å². The van der Waals surface area contributed by atoms with Gasteiger partial charge in [-0.1, -0.05) is 0 Å². The van der Waals surface area contributed by atoms with Crippen LogP contribution in [0.4, 0.5) is 0 Å². The summed E-state index contributed by atoms with van der Waals surface area (Å²) in [7, 11) is -1.97. The summed E-state index contributed by atoms with van der Waals surface area (Å²) >= 11 is 0. The fourth-order valence-corrected chi connectivity index (χ4v) is 1.69. The Labute approximate surface area is 107 Å². The van der Waals surface area contributed by atoms with Crippen molar-refractivity contribution in [2.75, 3.05) is 19.8 Å². The molecule has 0 aliphatic heterocycles. The molecule has 6 nitrogen and oxygen atoms in total. The zero-order chi connectivity index (χ0) is 13.8. The first-order valence-corrected chi connectivity index (χ1v) is 7.26. The van der Waals surface area contributed by atoms with Gasteiger partial charge in [-0.15, -0.1) is 0 Å². The van der Waals surface area contributed by atoms with Gasteiger partial charge >= 0.3 is 0 Å². The second kappa shape index (κ2) is 5.92. The lowest BCUT2D eigenvalue weighted by Gasteiger charge is -2.17. The average Bonchev–Trinajstić information content (AvgIpc) is 2.28. The minimum atomic E-state index is -3.34. The van der Waals surface area contributed by atoms with Crippen molar-refractivity contribution in [1.29, 1.82) is 0 Å². The third kappa shape index (κ3) is 4.42. The van der Waals surface area contributed by atoms with Gasteiger partial charge in [0.1, 0.15) is 0 Å². The molecule has 1 atom stereocenters. The molecule has 1 heterocycles. The molecule has 18 heavy (non-hydrogen) atoms. The summed E-state index contributed by atoms with van der Waals surface area (Å²) in [6.07, 6.45) is 4.34. The van der Waals surface area contributed by atoms with Gasteiger partial charge in [-0.2, -0.15) is 4.31 Å². The molecule has 1 rings (SSSR count). The molecule has 1 N–H and O–H groups in total. The summed E-state index contributed by atoms with van der Waals surface area (Å²) in [6.45, 7) is 1.64. The van der Waals surface area contributed by atoms with Crippen LogP contribution in [0.5, 0.6) is 0 Å². The van der Waals surface area contributed by atoms with Gasteiger partial charge in [-0.3, -0.25) is 9.78 Å². The Kier molecular flexibility index (Phi) is 4.80. The predicted octanol–water partition coefficient (Wildman–Crippen LogP) is 0.150. The summed E-state index contributed by atoms with van der Waals surface area (Å²) < 4.78 is 23.3. The lowest BCUT2D eigenvalue weighted by Crippen LogP contribution is -2.38. The highest BCUT2D eigenvalue weighted by Crippen LogP contribution is 2.09. The van der Waals surface area contributed by atoms with Crippen LogP contribution in [0.25, 0.3) is 0 Å². The number of aromatic nitrogens is 1. The highest BCUT2D eigenvalue weighted by molar-refractivity contribution is 7.88. The molecule has 0 fully saturated rings. The number of likely N-dealkylation sites (N-methyl/N-ethyl adjacent to an activating group) is 1.